The number of para-hydroxylation sites is 1. The number of hydrogen-bond acceptors (Lipinski definition) is 5. The van der Waals surface area contributed by atoms with Crippen molar-refractivity contribution in [2.24, 2.45) is 0 Å². The van der Waals surface area contributed by atoms with E-state index in [9.17, 15) is 0 Å². The van der Waals surface area contributed by atoms with Crippen molar-refractivity contribution in [1.82, 2.24) is 20.5 Å². The third-order valence-electron chi connectivity index (χ3n) is 2.93. The number of hydrogen-bond donors (Lipinski definition) is 2. The third kappa shape index (κ3) is 3.03. The molecule has 1 aromatic carbocycles. The number of aromatic amines is 1. The SMILES string of the molecule is COc1cccc(CNC(C)c2ncn[nH]2)c1OC. The molecule has 6 nitrogen and oxygen atoms in total. The maximum absolute atomic E-state index is 5.39. The molecule has 1 heterocycles. The molecule has 0 aliphatic heterocycles. The van der Waals surface area contributed by atoms with Gasteiger partial charge in [0.1, 0.15) is 12.2 Å². The lowest BCUT2D eigenvalue weighted by Gasteiger charge is -2.15. The van der Waals surface area contributed by atoms with Gasteiger partial charge in [-0.25, -0.2) is 4.98 Å². The Balaban J connectivity index is 2.07. The van der Waals surface area contributed by atoms with Crippen LogP contribution in [0.5, 0.6) is 11.5 Å². The lowest BCUT2D eigenvalue weighted by Crippen LogP contribution is -2.19. The first-order valence-electron chi connectivity index (χ1n) is 6.04. The van der Waals surface area contributed by atoms with E-state index >= 15 is 0 Å². The van der Waals surface area contributed by atoms with Gasteiger partial charge < -0.3 is 14.8 Å². The first-order valence-corrected chi connectivity index (χ1v) is 6.04. The molecule has 1 unspecified atom stereocenters. The van der Waals surface area contributed by atoms with E-state index in [4.69, 9.17) is 9.47 Å². The molecule has 1 atom stereocenters. The lowest BCUT2D eigenvalue weighted by molar-refractivity contribution is 0.350. The molecule has 102 valence electrons. The zero-order valence-corrected chi connectivity index (χ0v) is 11.3. The van der Waals surface area contributed by atoms with Crippen LogP contribution in [0.25, 0.3) is 0 Å². The van der Waals surface area contributed by atoms with E-state index in [1.54, 1.807) is 14.2 Å². The van der Waals surface area contributed by atoms with Gasteiger partial charge in [-0.1, -0.05) is 12.1 Å². The molecule has 6 heteroatoms. The van der Waals surface area contributed by atoms with Gasteiger partial charge in [0.25, 0.3) is 0 Å². The fraction of sp³-hybridized carbons (Fsp3) is 0.385. The Morgan fingerprint density at radius 1 is 1.32 bits per heavy atom. The van der Waals surface area contributed by atoms with E-state index in [1.807, 2.05) is 25.1 Å². The van der Waals surface area contributed by atoms with Crippen molar-refractivity contribution in [2.75, 3.05) is 14.2 Å². The van der Waals surface area contributed by atoms with Crippen molar-refractivity contribution in [3.63, 3.8) is 0 Å². The second-order valence-corrected chi connectivity index (χ2v) is 4.13. The fourth-order valence-electron chi connectivity index (χ4n) is 1.88. The number of benzene rings is 1. The summed E-state index contributed by atoms with van der Waals surface area (Å²) in [4.78, 5) is 4.12. The van der Waals surface area contributed by atoms with E-state index in [1.165, 1.54) is 6.33 Å². The highest BCUT2D eigenvalue weighted by Crippen LogP contribution is 2.30. The molecular formula is C13H18N4O2. The number of nitrogens with zero attached hydrogens (tertiary/aromatic N) is 2. The van der Waals surface area contributed by atoms with Crippen LogP contribution in [0.4, 0.5) is 0 Å². The molecule has 2 rings (SSSR count). The van der Waals surface area contributed by atoms with Gasteiger partial charge in [0.2, 0.25) is 0 Å². The summed E-state index contributed by atoms with van der Waals surface area (Å²) in [6.07, 6.45) is 1.50. The Morgan fingerprint density at radius 2 is 2.16 bits per heavy atom. The Hall–Kier alpha value is -2.08. The van der Waals surface area contributed by atoms with Crippen molar-refractivity contribution in [2.45, 2.75) is 19.5 Å². The standard InChI is InChI=1S/C13H18N4O2/c1-9(13-15-8-16-17-13)14-7-10-5-4-6-11(18-2)12(10)19-3/h4-6,8-9,14H,7H2,1-3H3,(H,15,16,17). The Morgan fingerprint density at radius 3 is 2.79 bits per heavy atom. The highest BCUT2D eigenvalue weighted by atomic mass is 16.5. The monoisotopic (exact) mass is 262 g/mol. The van der Waals surface area contributed by atoms with Crippen LogP contribution in [0.3, 0.4) is 0 Å². The van der Waals surface area contributed by atoms with Gasteiger partial charge in [0, 0.05) is 12.1 Å². The number of rotatable bonds is 6. The highest BCUT2D eigenvalue weighted by Gasteiger charge is 2.12. The Kier molecular flexibility index (Phi) is 4.35. The molecule has 0 saturated heterocycles. The molecule has 19 heavy (non-hydrogen) atoms. The minimum absolute atomic E-state index is 0.0819. The van der Waals surface area contributed by atoms with Crippen LogP contribution in [-0.2, 0) is 6.54 Å². The molecular weight excluding hydrogens is 244 g/mol. The van der Waals surface area contributed by atoms with Crippen molar-refractivity contribution in [3.8, 4) is 11.5 Å². The van der Waals surface area contributed by atoms with Crippen molar-refractivity contribution in [1.29, 1.82) is 0 Å². The Labute approximate surface area is 112 Å². The summed E-state index contributed by atoms with van der Waals surface area (Å²) in [7, 11) is 3.27. The molecule has 0 bridgehead atoms. The summed E-state index contributed by atoms with van der Waals surface area (Å²) in [6, 6.07) is 5.90. The average Bonchev–Trinajstić information content (AvgIpc) is 2.98. The molecule has 2 N–H and O–H groups in total. The zero-order valence-electron chi connectivity index (χ0n) is 11.3. The van der Waals surface area contributed by atoms with Crippen LogP contribution in [-0.4, -0.2) is 29.4 Å². The quantitative estimate of drug-likeness (QED) is 0.828. The van der Waals surface area contributed by atoms with Crippen molar-refractivity contribution in [3.05, 3.63) is 35.9 Å². The first kappa shape index (κ1) is 13.4. The van der Waals surface area contributed by atoms with Gasteiger partial charge in [0.15, 0.2) is 11.5 Å². The normalized spacial score (nSPS) is 12.2. The lowest BCUT2D eigenvalue weighted by atomic mass is 10.1. The molecule has 0 spiro atoms. The van der Waals surface area contributed by atoms with Crippen LogP contribution in [0.1, 0.15) is 24.4 Å². The van der Waals surface area contributed by atoms with Crippen LogP contribution < -0.4 is 14.8 Å². The molecule has 0 aliphatic rings. The minimum atomic E-state index is 0.0819. The summed E-state index contributed by atoms with van der Waals surface area (Å²) >= 11 is 0. The van der Waals surface area contributed by atoms with Gasteiger partial charge in [-0.3, -0.25) is 5.10 Å². The van der Waals surface area contributed by atoms with Crippen LogP contribution >= 0.6 is 0 Å². The van der Waals surface area contributed by atoms with E-state index in [-0.39, 0.29) is 6.04 Å². The minimum Gasteiger partial charge on any atom is -0.493 e. The van der Waals surface area contributed by atoms with E-state index in [2.05, 4.69) is 20.5 Å². The molecule has 1 aromatic heterocycles. The maximum Gasteiger partial charge on any atom is 0.165 e. The van der Waals surface area contributed by atoms with Gasteiger partial charge >= 0.3 is 0 Å². The van der Waals surface area contributed by atoms with Crippen molar-refractivity contribution < 1.29 is 9.47 Å². The van der Waals surface area contributed by atoms with Gasteiger partial charge in [-0.05, 0) is 13.0 Å². The van der Waals surface area contributed by atoms with Gasteiger partial charge in [0.05, 0.1) is 20.3 Å². The largest absolute Gasteiger partial charge is 0.493 e. The predicted molar refractivity (Wildman–Crippen MR) is 71.2 cm³/mol. The van der Waals surface area contributed by atoms with E-state index in [0.29, 0.717) is 6.54 Å². The summed E-state index contributed by atoms with van der Waals surface area (Å²) in [5, 5.41) is 10.0. The molecule has 0 radical (unpaired) electrons. The molecule has 0 aliphatic carbocycles. The summed E-state index contributed by atoms with van der Waals surface area (Å²) in [5.74, 6) is 2.29. The van der Waals surface area contributed by atoms with Crippen LogP contribution in [0.15, 0.2) is 24.5 Å². The van der Waals surface area contributed by atoms with E-state index in [0.717, 1.165) is 22.9 Å². The molecule has 2 aromatic rings. The predicted octanol–water partition coefficient (Wildman–Crippen LogP) is 1.67. The molecule has 0 saturated carbocycles. The topological polar surface area (TPSA) is 72.1 Å². The second-order valence-electron chi connectivity index (χ2n) is 4.13. The number of methoxy groups -OCH3 is 2. The smallest absolute Gasteiger partial charge is 0.165 e. The third-order valence-corrected chi connectivity index (χ3v) is 2.93. The van der Waals surface area contributed by atoms with Crippen molar-refractivity contribution >= 4 is 0 Å². The van der Waals surface area contributed by atoms with Gasteiger partial charge in [-0.2, -0.15) is 5.10 Å². The summed E-state index contributed by atoms with van der Waals surface area (Å²) in [5.41, 5.74) is 1.04. The summed E-state index contributed by atoms with van der Waals surface area (Å²) < 4.78 is 10.7. The molecule has 0 fully saturated rings. The van der Waals surface area contributed by atoms with Crippen LogP contribution in [0, 0.1) is 0 Å². The Bertz CT molecular complexity index is 513. The van der Waals surface area contributed by atoms with Gasteiger partial charge in [-0.15, -0.1) is 0 Å². The number of ether oxygens (including phenoxy) is 2. The molecule has 0 amide bonds. The zero-order chi connectivity index (χ0) is 13.7. The number of nitrogens with one attached hydrogen (secondary N) is 2. The number of H-pyrrole nitrogens is 1. The van der Waals surface area contributed by atoms with Crippen LogP contribution in [0.2, 0.25) is 0 Å². The number of aromatic nitrogens is 3. The van der Waals surface area contributed by atoms with E-state index < -0.39 is 0 Å². The second kappa shape index (κ2) is 6.19. The summed E-state index contributed by atoms with van der Waals surface area (Å²) in [6.45, 7) is 2.68. The first-order chi connectivity index (χ1) is 9.26. The highest BCUT2D eigenvalue weighted by molar-refractivity contribution is 5.46. The maximum atomic E-state index is 5.39. The fourth-order valence-corrected chi connectivity index (χ4v) is 1.88. The average molecular weight is 262 g/mol.